The average molecular weight is 275 g/mol. The zero-order valence-electron chi connectivity index (χ0n) is 10.9. The predicted octanol–water partition coefficient (Wildman–Crippen LogP) is -0.930. The molecule has 0 aromatic heterocycles. The van der Waals surface area contributed by atoms with Gasteiger partial charge in [-0.1, -0.05) is 0 Å². The number of rotatable bonds is 12. The van der Waals surface area contributed by atoms with Crippen LogP contribution in [0.1, 0.15) is 6.42 Å². The van der Waals surface area contributed by atoms with Crippen molar-refractivity contribution >= 4 is 0 Å². The van der Waals surface area contributed by atoms with E-state index >= 15 is 0 Å². The Kier molecular flexibility index (Phi) is 8.66. The Bertz CT molecular complexity index is 265. The maximum Gasteiger partial charge on any atom is 0.104 e. The van der Waals surface area contributed by atoms with Gasteiger partial charge >= 0.3 is 0 Å². The topological polar surface area (TPSA) is 104 Å². The quantitative estimate of drug-likeness (QED) is 0.350. The third-order valence-electron chi connectivity index (χ3n) is 2.31. The molecule has 0 bridgehead atoms. The van der Waals surface area contributed by atoms with Crippen molar-refractivity contribution in [2.45, 2.75) is 24.7 Å². The Morgan fingerprint density at radius 3 is 2.26 bits per heavy atom. The Labute approximate surface area is 112 Å². The summed E-state index contributed by atoms with van der Waals surface area (Å²) >= 11 is 0. The molecule has 0 aliphatic carbocycles. The van der Waals surface area contributed by atoms with Crippen molar-refractivity contribution in [2.24, 2.45) is 0 Å². The Morgan fingerprint density at radius 1 is 1.11 bits per heavy atom. The van der Waals surface area contributed by atoms with Gasteiger partial charge in [-0.2, -0.15) is 5.26 Å². The fourth-order valence-electron chi connectivity index (χ4n) is 1.27. The van der Waals surface area contributed by atoms with Crippen molar-refractivity contribution in [3.8, 4) is 6.07 Å². The molecule has 0 aromatic carbocycles. The number of nitriles is 1. The minimum Gasteiger partial charge on any atom is -0.388 e. The molecule has 0 radical (unpaired) electrons. The molecule has 7 nitrogen and oxygen atoms in total. The maximum atomic E-state index is 9.50. The Balaban J connectivity index is 1.85. The Morgan fingerprint density at radius 2 is 1.68 bits per heavy atom. The predicted molar refractivity (Wildman–Crippen MR) is 64.4 cm³/mol. The number of aliphatic hydroxyl groups excluding tert-OH is 2. The van der Waals surface area contributed by atoms with E-state index in [1.165, 1.54) is 0 Å². The number of ether oxygens (including phenoxy) is 4. The summed E-state index contributed by atoms with van der Waals surface area (Å²) in [5.74, 6) is 0. The highest BCUT2D eigenvalue weighted by atomic mass is 16.6. The van der Waals surface area contributed by atoms with Gasteiger partial charge in [-0.05, 0) is 0 Å². The largest absolute Gasteiger partial charge is 0.388 e. The first-order valence-corrected chi connectivity index (χ1v) is 6.30. The second kappa shape index (κ2) is 10.1. The lowest BCUT2D eigenvalue weighted by molar-refractivity contribution is -0.0567. The molecule has 1 heterocycles. The lowest BCUT2D eigenvalue weighted by Gasteiger charge is -2.14. The van der Waals surface area contributed by atoms with Gasteiger partial charge < -0.3 is 29.2 Å². The van der Waals surface area contributed by atoms with Crippen molar-refractivity contribution < 1.29 is 29.2 Å². The summed E-state index contributed by atoms with van der Waals surface area (Å²) < 4.78 is 20.3. The van der Waals surface area contributed by atoms with E-state index < -0.39 is 12.2 Å². The first kappa shape index (κ1) is 16.3. The third kappa shape index (κ3) is 9.78. The standard InChI is InChI=1S/C12H21NO6/c13-2-1-3-16-4-10(14)5-17-6-11(15)7-18-8-12-9-19-12/h10-12,14-15H,1,3-9H2. The van der Waals surface area contributed by atoms with Gasteiger partial charge in [-0.3, -0.25) is 0 Å². The first-order valence-electron chi connectivity index (χ1n) is 6.30. The molecule has 1 aliphatic rings. The van der Waals surface area contributed by atoms with Crippen molar-refractivity contribution in [3.63, 3.8) is 0 Å². The highest BCUT2D eigenvalue weighted by Crippen LogP contribution is 2.08. The van der Waals surface area contributed by atoms with E-state index in [9.17, 15) is 10.2 Å². The summed E-state index contributed by atoms with van der Waals surface area (Å²) in [6, 6.07) is 1.94. The molecule has 2 N–H and O–H groups in total. The van der Waals surface area contributed by atoms with Crippen molar-refractivity contribution in [2.75, 3.05) is 46.2 Å². The fourth-order valence-corrected chi connectivity index (χ4v) is 1.27. The first-order chi connectivity index (χ1) is 9.22. The van der Waals surface area contributed by atoms with E-state index in [2.05, 4.69) is 0 Å². The van der Waals surface area contributed by atoms with Gasteiger partial charge in [0.15, 0.2) is 0 Å². The normalized spacial score (nSPS) is 20.8. The van der Waals surface area contributed by atoms with Crippen molar-refractivity contribution in [1.82, 2.24) is 0 Å². The van der Waals surface area contributed by atoms with Crippen LogP contribution < -0.4 is 0 Å². The van der Waals surface area contributed by atoms with E-state index in [4.69, 9.17) is 24.2 Å². The SMILES string of the molecule is N#CCCOCC(O)COCC(O)COCC1CO1. The summed E-state index contributed by atoms with van der Waals surface area (Å²) in [5.41, 5.74) is 0. The molecule has 1 saturated heterocycles. The van der Waals surface area contributed by atoms with Crippen LogP contribution in [0.3, 0.4) is 0 Å². The molecule has 19 heavy (non-hydrogen) atoms. The van der Waals surface area contributed by atoms with E-state index in [0.29, 0.717) is 19.6 Å². The average Bonchev–Trinajstić information content (AvgIpc) is 3.19. The van der Waals surface area contributed by atoms with Crippen molar-refractivity contribution in [1.29, 1.82) is 5.26 Å². The lowest BCUT2D eigenvalue weighted by Crippen LogP contribution is -2.27. The minimum absolute atomic E-state index is 0.0787. The molecule has 1 rings (SSSR count). The smallest absolute Gasteiger partial charge is 0.104 e. The molecule has 0 spiro atoms. The van der Waals surface area contributed by atoms with Gasteiger partial charge in [0.05, 0.1) is 58.7 Å². The summed E-state index contributed by atoms with van der Waals surface area (Å²) in [7, 11) is 0. The molecular weight excluding hydrogens is 254 g/mol. The monoisotopic (exact) mass is 275 g/mol. The molecule has 0 aromatic rings. The van der Waals surface area contributed by atoms with Gasteiger partial charge in [0.1, 0.15) is 18.3 Å². The maximum absolute atomic E-state index is 9.50. The van der Waals surface area contributed by atoms with Crippen LogP contribution in [0.5, 0.6) is 0 Å². The van der Waals surface area contributed by atoms with Crippen LogP contribution in [-0.4, -0.2) is 74.8 Å². The molecule has 110 valence electrons. The van der Waals surface area contributed by atoms with E-state index in [-0.39, 0.29) is 32.5 Å². The molecule has 3 atom stereocenters. The molecule has 7 heteroatoms. The van der Waals surface area contributed by atoms with Gasteiger partial charge in [-0.25, -0.2) is 0 Å². The summed E-state index contributed by atoms with van der Waals surface area (Å²) in [6.07, 6.45) is -0.994. The van der Waals surface area contributed by atoms with Crippen LogP contribution in [0.4, 0.5) is 0 Å². The van der Waals surface area contributed by atoms with Crippen molar-refractivity contribution in [3.05, 3.63) is 0 Å². The number of aliphatic hydroxyl groups is 2. The second-order valence-electron chi connectivity index (χ2n) is 4.32. The molecule has 3 unspecified atom stereocenters. The molecular formula is C12H21NO6. The molecule has 1 aliphatic heterocycles. The van der Waals surface area contributed by atoms with E-state index in [1.807, 2.05) is 6.07 Å². The summed E-state index contributed by atoms with van der Waals surface area (Å²) in [4.78, 5) is 0. The van der Waals surface area contributed by atoms with Crippen LogP contribution in [0, 0.1) is 11.3 Å². The van der Waals surface area contributed by atoms with E-state index in [0.717, 1.165) is 6.61 Å². The third-order valence-corrected chi connectivity index (χ3v) is 2.31. The second-order valence-corrected chi connectivity index (χ2v) is 4.32. The van der Waals surface area contributed by atoms with Crippen LogP contribution in [0.15, 0.2) is 0 Å². The lowest BCUT2D eigenvalue weighted by atomic mass is 10.4. The zero-order chi connectivity index (χ0) is 13.9. The molecule has 0 amide bonds. The zero-order valence-corrected chi connectivity index (χ0v) is 10.9. The summed E-state index contributed by atoms with van der Waals surface area (Å²) in [6.45, 7) is 2.00. The number of hydrogen-bond donors (Lipinski definition) is 2. The highest BCUT2D eigenvalue weighted by Gasteiger charge is 2.22. The van der Waals surface area contributed by atoms with Gasteiger partial charge in [-0.15, -0.1) is 0 Å². The minimum atomic E-state index is -0.758. The van der Waals surface area contributed by atoms with Crippen LogP contribution in [0.25, 0.3) is 0 Å². The number of nitrogens with zero attached hydrogens (tertiary/aromatic N) is 1. The van der Waals surface area contributed by atoms with Gasteiger partial charge in [0.2, 0.25) is 0 Å². The number of hydrogen-bond acceptors (Lipinski definition) is 7. The highest BCUT2D eigenvalue weighted by molar-refractivity contribution is 4.68. The Hall–Kier alpha value is -0.750. The number of epoxide rings is 1. The van der Waals surface area contributed by atoms with Gasteiger partial charge in [0.25, 0.3) is 0 Å². The summed E-state index contributed by atoms with van der Waals surface area (Å²) in [5, 5.41) is 27.2. The van der Waals surface area contributed by atoms with Crippen LogP contribution >= 0.6 is 0 Å². The van der Waals surface area contributed by atoms with Crippen LogP contribution in [-0.2, 0) is 18.9 Å². The fraction of sp³-hybridized carbons (Fsp3) is 0.917. The van der Waals surface area contributed by atoms with Crippen LogP contribution in [0.2, 0.25) is 0 Å². The van der Waals surface area contributed by atoms with Gasteiger partial charge in [0, 0.05) is 0 Å². The molecule has 0 saturated carbocycles. The van der Waals surface area contributed by atoms with E-state index in [1.54, 1.807) is 0 Å². The molecule has 1 fully saturated rings.